The molecular weight excluding hydrogens is 328 g/mol. The summed E-state index contributed by atoms with van der Waals surface area (Å²) in [5.41, 5.74) is 2.92. The van der Waals surface area contributed by atoms with Gasteiger partial charge in [-0.25, -0.2) is 0 Å². The van der Waals surface area contributed by atoms with Gasteiger partial charge in [-0.3, -0.25) is 9.59 Å². The van der Waals surface area contributed by atoms with E-state index in [1.54, 1.807) is 12.0 Å². The maximum Gasteiger partial charge on any atom is 0.226 e. The summed E-state index contributed by atoms with van der Waals surface area (Å²) in [5, 5.41) is 2.90. The van der Waals surface area contributed by atoms with Crippen LogP contribution in [0.25, 0.3) is 0 Å². The largest absolute Gasteiger partial charge is 0.497 e. The fourth-order valence-corrected chi connectivity index (χ4v) is 2.68. The summed E-state index contributed by atoms with van der Waals surface area (Å²) in [5.74, 6) is 0.679. The van der Waals surface area contributed by atoms with E-state index in [-0.39, 0.29) is 18.2 Å². The first kappa shape index (κ1) is 19.5. The Morgan fingerprint density at radius 2 is 1.85 bits per heavy atom. The number of amides is 2. The summed E-state index contributed by atoms with van der Waals surface area (Å²) in [6.45, 7) is 4.45. The number of carbonyl (C=O) groups is 2. The molecule has 0 saturated carbocycles. The van der Waals surface area contributed by atoms with Crippen LogP contribution in [0.15, 0.2) is 48.5 Å². The minimum Gasteiger partial charge on any atom is -0.497 e. The molecule has 5 nitrogen and oxygen atoms in total. The molecular formula is C21H26N2O3. The van der Waals surface area contributed by atoms with Crippen LogP contribution in [0.1, 0.15) is 24.5 Å². The molecule has 0 bridgehead atoms. The number of hydrogen-bond donors (Lipinski definition) is 1. The fourth-order valence-electron chi connectivity index (χ4n) is 2.68. The highest BCUT2D eigenvalue weighted by atomic mass is 16.5. The van der Waals surface area contributed by atoms with Gasteiger partial charge >= 0.3 is 0 Å². The molecule has 2 aromatic rings. The van der Waals surface area contributed by atoms with Crippen molar-refractivity contribution < 1.29 is 14.3 Å². The third-order valence-electron chi connectivity index (χ3n) is 4.28. The Labute approximate surface area is 155 Å². The van der Waals surface area contributed by atoms with Gasteiger partial charge in [0.25, 0.3) is 0 Å². The Balaban J connectivity index is 1.86. The van der Waals surface area contributed by atoms with E-state index in [0.717, 1.165) is 29.0 Å². The van der Waals surface area contributed by atoms with Crippen molar-refractivity contribution in [2.75, 3.05) is 25.5 Å². The summed E-state index contributed by atoms with van der Waals surface area (Å²) in [7, 11) is 1.63. The van der Waals surface area contributed by atoms with E-state index in [9.17, 15) is 9.59 Å². The number of hydrogen-bond acceptors (Lipinski definition) is 3. The lowest BCUT2D eigenvalue weighted by Gasteiger charge is -2.21. The van der Waals surface area contributed by atoms with Crippen LogP contribution in [-0.2, 0) is 16.0 Å². The SMILES string of the molecule is COc1cccc(CCN(CCC(=O)Nc2ccccc2C)C(C)=O)c1. The molecule has 0 aliphatic rings. The second-order valence-electron chi connectivity index (χ2n) is 6.22. The molecule has 0 spiro atoms. The van der Waals surface area contributed by atoms with E-state index in [4.69, 9.17) is 4.74 Å². The summed E-state index contributed by atoms with van der Waals surface area (Å²) in [6, 6.07) is 15.4. The van der Waals surface area contributed by atoms with Crippen molar-refractivity contribution >= 4 is 17.5 Å². The molecule has 0 aromatic heterocycles. The molecule has 26 heavy (non-hydrogen) atoms. The van der Waals surface area contributed by atoms with Gasteiger partial charge in [-0.05, 0) is 42.7 Å². The fraction of sp³-hybridized carbons (Fsp3) is 0.333. The first-order valence-corrected chi connectivity index (χ1v) is 8.73. The van der Waals surface area contributed by atoms with Crippen LogP contribution < -0.4 is 10.1 Å². The van der Waals surface area contributed by atoms with Crippen LogP contribution in [0, 0.1) is 6.92 Å². The van der Waals surface area contributed by atoms with Crippen molar-refractivity contribution in [3.8, 4) is 5.75 Å². The lowest BCUT2D eigenvalue weighted by molar-refractivity contribution is -0.129. The van der Waals surface area contributed by atoms with Gasteiger partial charge in [0.1, 0.15) is 5.75 Å². The van der Waals surface area contributed by atoms with Crippen LogP contribution in [0.2, 0.25) is 0 Å². The first-order valence-electron chi connectivity index (χ1n) is 8.73. The molecule has 0 unspecified atom stereocenters. The second kappa shape index (κ2) is 9.61. The Morgan fingerprint density at radius 3 is 2.54 bits per heavy atom. The molecule has 5 heteroatoms. The van der Waals surface area contributed by atoms with E-state index in [1.807, 2.05) is 55.5 Å². The van der Waals surface area contributed by atoms with Gasteiger partial charge in [-0.1, -0.05) is 30.3 Å². The lowest BCUT2D eigenvalue weighted by Crippen LogP contribution is -2.33. The van der Waals surface area contributed by atoms with Crippen molar-refractivity contribution in [1.82, 2.24) is 4.90 Å². The monoisotopic (exact) mass is 354 g/mol. The van der Waals surface area contributed by atoms with Crippen LogP contribution >= 0.6 is 0 Å². The maximum absolute atomic E-state index is 12.2. The molecule has 2 rings (SSSR count). The van der Waals surface area contributed by atoms with E-state index in [2.05, 4.69) is 5.32 Å². The van der Waals surface area contributed by atoms with Crippen molar-refractivity contribution in [2.24, 2.45) is 0 Å². The summed E-state index contributed by atoms with van der Waals surface area (Å²) < 4.78 is 5.22. The quantitative estimate of drug-likeness (QED) is 0.790. The number of methoxy groups -OCH3 is 1. The molecule has 0 saturated heterocycles. The van der Waals surface area contributed by atoms with Crippen LogP contribution in [0.5, 0.6) is 5.75 Å². The van der Waals surface area contributed by atoms with Gasteiger partial charge in [0.05, 0.1) is 7.11 Å². The molecule has 0 aliphatic carbocycles. The third-order valence-corrected chi connectivity index (χ3v) is 4.28. The number of nitrogens with zero attached hydrogens (tertiary/aromatic N) is 1. The van der Waals surface area contributed by atoms with E-state index >= 15 is 0 Å². The molecule has 0 atom stereocenters. The number of ether oxygens (including phenoxy) is 1. The minimum absolute atomic E-state index is 0.0309. The van der Waals surface area contributed by atoms with Gasteiger partial charge in [0.2, 0.25) is 11.8 Å². The summed E-state index contributed by atoms with van der Waals surface area (Å²) >= 11 is 0. The molecule has 138 valence electrons. The number of rotatable bonds is 8. The smallest absolute Gasteiger partial charge is 0.226 e. The van der Waals surface area contributed by atoms with Crippen LogP contribution in [-0.4, -0.2) is 36.9 Å². The molecule has 0 aliphatic heterocycles. The predicted octanol–water partition coefficient (Wildman–Crippen LogP) is 3.42. The number of anilines is 1. The van der Waals surface area contributed by atoms with Crippen molar-refractivity contribution in [3.05, 3.63) is 59.7 Å². The number of aryl methyl sites for hydroxylation is 1. The molecule has 1 N–H and O–H groups in total. The second-order valence-corrected chi connectivity index (χ2v) is 6.22. The van der Waals surface area contributed by atoms with Gasteiger partial charge in [-0.15, -0.1) is 0 Å². The lowest BCUT2D eigenvalue weighted by atomic mass is 10.1. The Kier molecular flexibility index (Phi) is 7.21. The number of carbonyl (C=O) groups excluding carboxylic acids is 2. The van der Waals surface area contributed by atoms with E-state index in [1.165, 1.54) is 6.92 Å². The zero-order valence-corrected chi connectivity index (χ0v) is 15.6. The Bertz CT molecular complexity index is 758. The van der Waals surface area contributed by atoms with Crippen LogP contribution in [0.4, 0.5) is 5.69 Å². The Morgan fingerprint density at radius 1 is 1.08 bits per heavy atom. The molecule has 0 heterocycles. The van der Waals surface area contributed by atoms with Gasteiger partial charge in [0, 0.05) is 32.1 Å². The highest BCUT2D eigenvalue weighted by molar-refractivity contribution is 5.91. The van der Waals surface area contributed by atoms with E-state index in [0.29, 0.717) is 13.1 Å². The number of para-hydroxylation sites is 1. The highest BCUT2D eigenvalue weighted by Crippen LogP contribution is 2.15. The topological polar surface area (TPSA) is 58.6 Å². The molecule has 2 aromatic carbocycles. The van der Waals surface area contributed by atoms with Crippen molar-refractivity contribution in [3.63, 3.8) is 0 Å². The molecule has 2 amide bonds. The zero-order valence-electron chi connectivity index (χ0n) is 15.6. The standard InChI is InChI=1S/C21H26N2O3/c1-16-7-4-5-10-20(16)22-21(25)12-14-23(17(2)24)13-11-18-8-6-9-19(15-18)26-3/h4-10,15H,11-14H2,1-3H3,(H,22,25). The number of benzene rings is 2. The number of nitrogens with one attached hydrogen (secondary N) is 1. The zero-order chi connectivity index (χ0) is 18.9. The Hall–Kier alpha value is -2.82. The first-order chi connectivity index (χ1) is 12.5. The van der Waals surface area contributed by atoms with Gasteiger partial charge in [0.15, 0.2) is 0 Å². The van der Waals surface area contributed by atoms with Crippen molar-refractivity contribution in [2.45, 2.75) is 26.7 Å². The van der Waals surface area contributed by atoms with Gasteiger partial charge in [-0.2, -0.15) is 0 Å². The molecule has 0 fully saturated rings. The third kappa shape index (κ3) is 5.92. The molecule has 0 radical (unpaired) electrons. The van der Waals surface area contributed by atoms with Crippen LogP contribution in [0.3, 0.4) is 0 Å². The maximum atomic E-state index is 12.2. The highest BCUT2D eigenvalue weighted by Gasteiger charge is 2.12. The van der Waals surface area contributed by atoms with Gasteiger partial charge < -0.3 is 15.0 Å². The average Bonchev–Trinajstić information content (AvgIpc) is 2.63. The normalized spacial score (nSPS) is 10.3. The summed E-state index contributed by atoms with van der Waals surface area (Å²) in [6.07, 6.45) is 0.988. The van der Waals surface area contributed by atoms with Crippen molar-refractivity contribution in [1.29, 1.82) is 0 Å². The summed E-state index contributed by atoms with van der Waals surface area (Å²) in [4.78, 5) is 25.8. The minimum atomic E-state index is -0.0908. The van der Waals surface area contributed by atoms with E-state index < -0.39 is 0 Å². The average molecular weight is 354 g/mol. The predicted molar refractivity (Wildman–Crippen MR) is 103 cm³/mol.